The van der Waals surface area contributed by atoms with Crippen LogP contribution in [0.25, 0.3) is 53.2 Å². The van der Waals surface area contributed by atoms with Crippen LogP contribution >= 0.6 is 11.3 Å². The molecular formula is C28H23NOS. The predicted molar refractivity (Wildman–Crippen MR) is 133 cm³/mol. The van der Waals surface area contributed by atoms with E-state index in [0.29, 0.717) is 0 Å². The number of aryl methyl sites for hydroxylation is 1. The highest BCUT2D eigenvalue weighted by Crippen LogP contribution is 2.42. The molecule has 0 fully saturated rings. The number of pyridine rings is 1. The Morgan fingerprint density at radius 3 is 2.55 bits per heavy atom. The van der Waals surface area contributed by atoms with Crippen molar-refractivity contribution in [3.05, 3.63) is 78.2 Å². The molecule has 0 amide bonds. The van der Waals surface area contributed by atoms with Gasteiger partial charge in [-0.05, 0) is 64.6 Å². The molecule has 0 saturated heterocycles. The Bertz CT molecular complexity index is 1630. The topological polar surface area (TPSA) is 26.0 Å². The Labute approximate surface area is 185 Å². The minimum Gasteiger partial charge on any atom is -0.464 e. The van der Waals surface area contributed by atoms with Gasteiger partial charge in [0, 0.05) is 32.6 Å². The SMILES string of the molecule is Cc1coc2cc3c(cc12)sc1c(-c2cc(C(C)(C)C)c4ccccc4c2)nccc13. The summed E-state index contributed by atoms with van der Waals surface area (Å²) in [6.07, 6.45) is 3.78. The van der Waals surface area contributed by atoms with E-state index in [9.17, 15) is 0 Å². The van der Waals surface area contributed by atoms with Crippen molar-refractivity contribution in [2.75, 3.05) is 0 Å². The molecule has 0 aliphatic carbocycles. The maximum Gasteiger partial charge on any atom is 0.134 e. The van der Waals surface area contributed by atoms with Crippen LogP contribution in [0.1, 0.15) is 31.9 Å². The van der Waals surface area contributed by atoms with Gasteiger partial charge in [-0.3, -0.25) is 4.98 Å². The molecule has 0 spiro atoms. The van der Waals surface area contributed by atoms with Gasteiger partial charge in [-0.15, -0.1) is 11.3 Å². The fourth-order valence-corrected chi connectivity index (χ4v) is 5.85. The quantitative estimate of drug-likeness (QED) is 0.265. The van der Waals surface area contributed by atoms with Gasteiger partial charge in [0.05, 0.1) is 16.7 Å². The van der Waals surface area contributed by atoms with Gasteiger partial charge in [-0.25, -0.2) is 0 Å². The highest BCUT2D eigenvalue weighted by molar-refractivity contribution is 7.26. The summed E-state index contributed by atoms with van der Waals surface area (Å²) in [5.41, 5.74) is 5.77. The van der Waals surface area contributed by atoms with Crippen molar-refractivity contribution >= 4 is 53.3 Å². The smallest absolute Gasteiger partial charge is 0.134 e. The van der Waals surface area contributed by atoms with Gasteiger partial charge in [0.2, 0.25) is 0 Å². The van der Waals surface area contributed by atoms with Gasteiger partial charge < -0.3 is 4.42 Å². The number of fused-ring (bicyclic) bond motifs is 5. The van der Waals surface area contributed by atoms with Gasteiger partial charge in [0.1, 0.15) is 5.58 Å². The van der Waals surface area contributed by atoms with Crippen LogP contribution < -0.4 is 0 Å². The molecule has 0 aliphatic rings. The largest absolute Gasteiger partial charge is 0.464 e. The second-order valence-corrected chi connectivity index (χ2v) is 10.4. The lowest BCUT2D eigenvalue weighted by molar-refractivity contribution is 0.596. The molecule has 0 atom stereocenters. The van der Waals surface area contributed by atoms with E-state index in [0.717, 1.165) is 11.3 Å². The highest BCUT2D eigenvalue weighted by Gasteiger charge is 2.20. The van der Waals surface area contributed by atoms with Crippen molar-refractivity contribution in [3.8, 4) is 11.3 Å². The van der Waals surface area contributed by atoms with Crippen molar-refractivity contribution in [3.63, 3.8) is 0 Å². The summed E-state index contributed by atoms with van der Waals surface area (Å²) < 4.78 is 8.29. The van der Waals surface area contributed by atoms with Crippen LogP contribution in [0.2, 0.25) is 0 Å². The Kier molecular flexibility index (Phi) is 3.85. The number of nitrogens with zero attached hydrogens (tertiary/aromatic N) is 1. The zero-order valence-corrected chi connectivity index (χ0v) is 18.9. The zero-order chi connectivity index (χ0) is 21.3. The maximum absolute atomic E-state index is 5.78. The van der Waals surface area contributed by atoms with Gasteiger partial charge in [0.25, 0.3) is 0 Å². The first-order valence-corrected chi connectivity index (χ1v) is 11.4. The van der Waals surface area contributed by atoms with Gasteiger partial charge in [0.15, 0.2) is 0 Å². The van der Waals surface area contributed by atoms with Crippen molar-refractivity contribution in [1.29, 1.82) is 0 Å². The summed E-state index contributed by atoms with van der Waals surface area (Å²) in [5, 5.41) is 6.25. The van der Waals surface area contributed by atoms with Crippen LogP contribution in [0.4, 0.5) is 0 Å². The van der Waals surface area contributed by atoms with Crippen LogP contribution in [-0.2, 0) is 5.41 Å². The lowest BCUT2D eigenvalue weighted by Crippen LogP contribution is -2.12. The highest BCUT2D eigenvalue weighted by atomic mass is 32.1. The third-order valence-corrected chi connectivity index (χ3v) is 7.39. The fourth-order valence-electron chi connectivity index (χ4n) is 4.62. The molecule has 0 unspecified atom stereocenters. The fraction of sp³-hybridized carbons (Fsp3) is 0.179. The molecule has 0 bridgehead atoms. The standard InChI is InChI=1S/C28H23NOS/c1-16-15-30-24-13-22-20-9-10-29-26(27(20)31-25(22)14-21(16)24)18-11-17-7-5-6-8-19(17)23(12-18)28(2,3)4/h5-15H,1-4H3. The lowest BCUT2D eigenvalue weighted by Gasteiger charge is -2.22. The molecule has 3 aromatic carbocycles. The third-order valence-electron chi connectivity index (χ3n) is 6.22. The first kappa shape index (κ1) is 18.6. The first-order chi connectivity index (χ1) is 14.9. The second-order valence-electron chi connectivity index (χ2n) is 9.40. The summed E-state index contributed by atoms with van der Waals surface area (Å²) >= 11 is 1.82. The molecule has 0 aliphatic heterocycles. The molecule has 152 valence electrons. The molecule has 3 aromatic heterocycles. The molecule has 0 radical (unpaired) electrons. The third kappa shape index (κ3) is 2.80. The Balaban J connectivity index is 1.68. The lowest BCUT2D eigenvalue weighted by atomic mass is 9.82. The summed E-state index contributed by atoms with van der Waals surface area (Å²) in [7, 11) is 0. The molecular weight excluding hydrogens is 398 g/mol. The van der Waals surface area contributed by atoms with Crippen LogP contribution in [0, 0.1) is 6.92 Å². The van der Waals surface area contributed by atoms with E-state index < -0.39 is 0 Å². The molecule has 2 nitrogen and oxygen atoms in total. The minimum atomic E-state index is 0.0473. The molecule has 0 saturated carbocycles. The summed E-state index contributed by atoms with van der Waals surface area (Å²) in [4.78, 5) is 4.86. The average molecular weight is 422 g/mol. The monoisotopic (exact) mass is 421 g/mol. The Morgan fingerprint density at radius 1 is 0.871 bits per heavy atom. The minimum absolute atomic E-state index is 0.0473. The van der Waals surface area contributed by atoms with E-state index in [4.69, 9.17) is 9.40 Å². The van der Waals surface area contributed by atoms with Crippen molar-refractivity contribution in [1.82, 2.24) is 4.98 Å². The Hall–Kier alpha value is -3.17. The van der Waals surface area contributed by atoms with E-state index in [1.165, 1.54) is 53.0 Å². The molecule has 31 heavy (non-hydrogen) atoms. The first-order valence-electron chi connectivity index (χ1n) is 10.6. The van der Waals surface area contributed by atoms with Crippen molar-refractivity contribution < 1.29 is 4.42 Å². The molecule has 0 N–H and O–H groups in total. The molecule has 6 aromatic rings. The molecule has 3 heteroatoms. The van der Waals surface area contributed by atoms with Crippen LogP contribution in [0.5, 0.6) is 0 Å². The van der Waals surface area contributed by atoms with Crippen LogP contribution in [0.15, 0.2) is 71.5 Å². The molecule has 3 heterocycles. The van der Waals surface area contributed by atoms with Crippen molar-refractivity contribution in [2.45, 2.75) is 33.1 Å². The van der Waals surface area contributed by atoms with Gasteiger partial charge in [-0.1, -0.05) is 45.0 Å². The van der Waals surface area contributed by atoms with E-state index >= 15 is 0 Å². The number of hydrogen-bond acceptors (Lipinski definition) is 3. The van der Waals surface area contributed by atoms with E-state index in [2.05, 4.69) is 82.3 Å². The predicted octanol–water partition coefficient (Wildman–Crippen LogP) is 8.62. The number of aromatic nitrogens is 1. The summed E-state index contributed by atoms with van der Waals surface area (Å²) in [6, 6.07) is 19.9. The van der Waals surface area contributed by atoms with E-state index in [1.807, 2.05) is 23.8 Å². The van der Waals surface area contributed by atoms with Crippen LogP contribution in [0.3, 0.4) is 0 Å². The number of thiophene rings is 1. The van der Waals surface area contributed by atoms with E-state index in [1.54, 1.807) is 0 Å². The normalized spacial score (nSPS) is 12.5. The van der Waals surface area contributed by atoms with Gasteiger partial charge in [-0.2, -0.15) is 0 Å². The summed E-state index contributed by atoms with van der Waals surface area (Å²) in [6.45, 7) is 8.94. The number of hydrogen-bond donors (Lipinski definition) is 0. The zero-order valence-electron chi connectivity index (χ0n) is 18.1. The molecule has 6 rings (SSSR count). The Morgan fingerprint density at radius 2 is 1.71 bits per heavy atom. The number of benzene rings is 3. The number of furan rings is 1. The van der Waals surface area contributed by atoms with E-state index in [-0.39, 0.29) is 5.41 Å². The number of rotatable bonds is 1. The van der Waals surface area contributed by atoms with Crippen LogP contribution in [-0.4, -0.2) is 4.98 Å². The average Bonchev–Trinajstić information content (AvgIpc) is 3.30. The summed E-state index contributed by atoms with van der Waals surface area (Å²) in [5.74, 6) is 0. The van der Waals surface area contributed by atoms with Gasteiger partial charge >= 0.3 is 0 Å². The second kappa shape index (κ2) is 6.41. The maximum atomic E-state index is 5.78. The van der Waals surface area contributed by atoms with Crippen molar-refractivity contribution in [2.24, 2.45) is 0 Å².